The second-order valence-corrected chi connectivity index (χ2v) is 6.61. The number of ether oxygens (including phenoxy) is 2. The van der Waals surface area contributed by atoms with E-state index in [0.717, 1.165) is 28.4 Å². The molecule has 1 N–H and O–H groups in total. The maximum atomic E-state index is 12.4. The molecular formula is C23H22N4O3. The Kier molecular flexibility index (Phi) is 5.89. The van der Waals surface area contributed by atoms with Crippen LogP contribution in [0.15, 0.2) is 73.1 Å². The van der Waals surface area contributed by atoms with Crippen LogP contribution in [0, 0.1) is 0 Å². The molecule has 0 aliphatic rings. The topological polar surface area (TPSA) is 78.3 Å². The Balaban J connectivity index is 1.48. The zero-order chi connectivity index (χ0) is 20.8. The van der Waals surface area contributed by atoms with E-state index in [-0.39, 0.29) is 5.91 Å². The van der Waals surface area contributed by atoms with Crippen LogP contribution in [0.1, 0.15) is 16.2 Å². The van der Waals surface area contributed by atoms with Crippen molar-refractivity contribution < 1.29 is 14.3 Å². The van der Waals surface area contributed by atoms with Crippen LogP contribution in [0.2, 0.25) is 0 Å². The molecule has 2 aromatic heterocycles. The molecule has 0 fully saturated rings. The Labute approximate surface area is 174 Å². The van der Waals surface area contributed by atoms with Gasteiger partial charge in [-0.05, 0) is 36.4 Å². The van der Waals surface area contributed by atoms with E-state index >= 15 is 0 Å². The third-order valence-electron chi connectivity index (χ3n) is 4.71. The van der Waals surface area contributed by atoms with Gasteiger partial charge < -0.3 is 19.4 Å². The van der Waals surface area contributed by atoms with E-state index in [9.17, 15) is 4.79 Å². The molecular weight excluding hydrogens is 380 g/mol. The molecule has 2 heterocycles. The third-order valence-corrected chi connectivity index (χ3v) is 4.71. The largest absolute Gasteiger partial charge is 0.497 e. The van der Waals surface area contributed by atoms with Crippen molar-refractivity contribution in [3.8, 4) is 11.5 Å². The van der Waals surface area contributed by atoms with E-state index in [1.807, 2.05) is 48.5 Å². The molecule has 0 unspecified atom stereocenters. The molecule has 30 heavy (non-hydrogen) atoms. The molecule has 0 aliphatic carbocycles. The number of nitrogens with one attached hydrogen (secondary N) is 1. The van der Waals surface area contributed by atoms with Crippen LogP contribution < -0.4 is 14.8 Å². The van der Waals surface area contributed by atoms with Crippen LogP contribution in [-0.2, 0) is 13.1 Å². The van der Waals surface area contributed by atoms with Gasteiger partial charge in [0.2, 0.25) is 0 Å². The first kappa shape index (κ1) is 19.4. The van der Waals surface area contributed by atoms with Gasteiger partial charge >= 0.3 is 0 Å². The summed E-state index contributed by atoms with van der Waals surface area (Å²) in [5.41, 5.74) is 2.45. The monoisotopic (exact) mass is 402 g/mol. The zero-order valence-electron chi connectivity index (χ0n) is 16.6. The first-order chi connectivity index (χ1) is 14.7. The molecule has 1 amide bonds. The van der Waals surface area contributed by atoms with Crippen LogP contribution >= 0.6 is 0 Å². The number of hydrogen-bond acceptors (Lipinski definition) is 5. The van der Waals surface area contributed by atoms with Crippen LogP contribution in [0.4, 0.5) is 0 Å². The predicted molar refractivity (Wildman–Crippen MR) is 114 cm³/mol. The summed E-state index contributed by atoms with van der Waals surface area (Å²) >= 11 is 0. The number of pyridine rings is 1. The number of methoxy groups -OCH3 is 1. The standard InChI is InChI=1S/C23H22N4O3/c1-29-18-5-4-6-19(15-18)30-14-13-27-21-8-3-2-7-20(21)26-22(27)16-25-23(28)17-9-11-24-12-10-17/h2-12,15H,13-14,16H2,1H3,(H,25,28). The summed E-state index contributed by atoms with van der Waals surface area (Å²) in [6.07, 6.45) is 3.19. The maximum Gasteiger partial charge on any atom is 0.251 e. The molecule has 7 heteroatoms. The van der Waals surface area contributed by atoms with Crippen molar-refractivity contribution in [2.24, 2.45) is 0 Å². The second kappa shape index (κ2) is 9.09. The van der Waals surface area contributed by atoms with Crippen molar-refractivity contribution in [3.05, 3.63) is 84.4 Å². The summed E-state index contributed by atoms with van der Waals surface area (Å²) in [7, 11) is 1.63. The molecule has 0 bridgehead atoms. The number of benzene rings is 2. The van der Waals surface area contributed by atoms with Gasteiger partial charge in [-0.15, -0.1) is 0 Å². The average molecular weight is 402 g/mol. The molecule has 0 spiro atoms. The number of hydrogen-bond donors (Lipinski definition) is 1. The highest BCUT2D eigenvalue weighted by molar-refractivity contribution is 5.93. The number of fused-ring (bicyclic) bond motifs is 1. The van der Waals surface area contributed by atoms with Gasteiger partial charge in [-0.3, -0.25) is 9.78 Å². The number of aromatic nitrogens is 3. The lowest BCUT2D eigenvalue weighted by Crippen LogP contribution is -2.25. The molecule has 0 saturated heterocycles. The van der Waals surface area contributed by atoms with Gasteiger partial charge in [0.25, 0.3) is 5.91 Å². The fourth-order valence-corrected chi connectivity index (χ4v) is 3.22. The Bertz CT molecular complexity index is 1140. The minimum absolute atomic E-state index is 0.163. The fraction of sp³-hybridized carbons (Fsp3) is 0.174. The van der Waals surface area contributed by atoms with Crippen LogP contribution in [-0.4, -0.2) is 34.2 Å². The Morgan fingerprint density at radius 3 is 2.67 bits per heavy atom. The van der Waals surface area contributed by atoms with Gasteiger partial charge in [-0.1, -0.05) is 18.2 Å². The van der Waals surface area contributed by atoms with Crippen LogP contribution in [0.25, 0.3) is 11.0 Å². The molecule has 4 rings (SSSR count). The van der Waals surface area contributed by atoms with Crippen molar-refractivity contribution in [1.29, 1.82) is 0 Å². The van der Waals surface area contributed by atoms with Crippen molar-refractivity contribution in [2.75, 3.05) is 13.7 Å². The van der Waals surface area contributed by atoms with Gasteiger partial charge in [0.05, 0.1) is 31.2 Å². The third kappa shape index (κ3) is 4.41. The van der Waals surface area contributed by atoms with E-state index < -0.39 is 0 Å². The highest BCUT2D eigenvalue weighted by Gasteiger charge is 2.12. The highest BCUT2D eigenvalue weighted by Crippen LogP contribution is 2.20. The number of amides is 1. The summed E-state index contributed by atoms with van der Waals surface area (Å²) in [6.45, 7) is 1.37. The number of imidazole rings is 1. The van der Waals surface area contributed by atoms with E-state index in [4.69, 9.17) is 14.5 Å². The SMILES string of the molecule is COc1cccc(OCCn2c(CNC(=O)c3ccncc3)nc3ccccc32)c1. The van der Waals surface area contributed by atoms with Gasteiger partial charge in [0, 0.05) is 24.0 Å². The minimum atomic E-state index is -0.163. The maximum absolute atomic E-state index is 12.4. The predicted octanol–water partition coefficient (Wildman–Crippen LogP) is 3.45. The molecule has 4 aromatic rings. The summed E-state index contributed by atoms with van der Waals surface area (Å²) in [6, 6.07) is 18.8. The van der Waals surface area contributed by atoms with Crippen LogP contribution in [0.5, 0.6) is 11.5 Å². The average Bonchev–Trinajstić information content (AvgIpc) is 3.16. The zero-order valence-corrected chi connectivity index (χ0v) is 16.6. The van der Waals surface area contributed by atoms with Crippen LogP contribution in [0.3, 0.4) is 0 Å². The number of rotatable bonds is 8. The van der Waals surface area contributed by atoms with Gasteiger partial charge in [-0.25, -0.2) is 4.98 Å². The van der Waals surface area contributed by atoms with Crippen molar-refractivity contribution in [3.63, 3.8) is 0 Å². The van der Waals surface area contributed by atoms with E-state index in [1.165, 1.54) is 0 Å². The number of carbonyl (C=O) groups excluding carboxylic acids is 1. The lowest BCUT2D eigenvalue weighted by atomic mass is 10.2. The van der Waals surface area contributed by atoms with Gasteiger partial charge in [0.15, 0.2) is 0 Å². The summed E-state index contributed by atoms with van der Waals surface area (Å²) in [5.74, 6) is 2.10. The molecule has 0 saturated carbocycles. The number of nitrogens with zero attached hydrogens (tertiary/aromatic N) is 3. The Morgan fingerprint density at radius 2 is 1.83 bits per heavy atom. The molecule has 0 atom stereocenters. The van der Waals surface area contributed by atoms with Gasteiger partial charge in [-0.2, -0.15) is 0 Å². The van der Waals surface area contributed by atoms with E-state index in [1.54, 1.807) is 31.6 Å². The summed E-state index contributed by atoms with van der Waals surface area (Å²) < 4.78 is 13.2. The summed E-state index contributed by atoms with van der Waals surface area (Å²) in [4.78, 5) is 21.0. The first-order valence-corrected chi connectivity index (χ1v) is 9.64. The fourth-order valence-electron chi connectivity index (χ4n) is 3.22. The van der Waals surface area contributed by atoms with Crippen molar-refractivity contribution >= 4 is 16.9 Å². The van der Waals surface area contributed by atoms with Crippen molar-refractivity contribution in [1.82, 2.24) is 19.9 Å². The number of para-hydroxylation sites is 2. The number of carbonyl (C=O) groups is 1. The summed E-state index contributed by atoms with van der Waals surface area (Å²) in [5, 5.41) is 2.93. The minimum Gasteiger partial charge on any atom is -0.497 e. The lowest BCUT2D eigenvalue weighted by Gasteiger charge is -2.12. The molecule has 0 radical (unpaired) electrons. The van der Waals surface area contributed by atoms with Gasteiger partial charge in [0.1, 0.15) is 23.9 Å². The first-order valence-electron chi connectivity index (χ1n) is 9.64. The highest BCUT2D eigenvalue weighted by atomic mass is 16.5. The van der Waals surface area contributed by atoms with Crippen molar-refractivity contribution in [2.45, 2.75) is 13.1 Å². The van der Waals surface area contributed by atoms with E-state index in [0.29, 0.717) is 25.3 Å². The molecule has 0 aliphatic heterocycles. The van der Waals surface area contributed by atoms with E-state index in [2.05, 4.69) is 14.9 Å². The molecule has 7 nitrogen and oxygen atoms in total. The Morgan fingerprint density at radius 1 is 1.03 bits per heavy atom. The normalized spacial score (nSPS) is 10.7. The molecule has 152 valence electrons. The Hall–Kier alpha value is -3.87. The quantitative estimate of drug-likeness (QED) is 0.488. The smallest absolute Gasteiger partial charge is 0.251 e. The lowest BCUT2D eigenvalue weighted by molar-refractivity contribution is 0.0949. The second-order valence-electron chi connectivity index (χ2n) is 6.61. The molecule has 2 aromatic carbocycles.